The lowest BCUT2D eigenvalue weighted by molar-refractivity contribution is 0.234. The summed E-state index contributed by atoms with van der Waals surface area (Å²) in [6.07, 6.45) is -1.24. The zero-order chi connectivity index (χ0) is 13.7. The van der Waals surface area contributed by atoms with Crippen molar-refractivity contribution in [2.75, 3.05) is 0 Å². The van der Waals surface area contributed by atoms with E-state index in [1.165, 1.54) is 12.1 Å². The minimum absolute atomic E-state index is 0.0947. The van der Waals surface area contributed by atoms with Gasteiger partial charge in [0.1, 0.15) is 6.61 Å². The Hall–Kier alpha value is -2.51. The van der Waals surface area contributed by atoms with Crippen molar-refractivity contribution >= 4 is 0 Å². The first-order valence-electron chi connectivity index (χ1n) is 5.78. The van der Waals surface area contributed by atoms with E-state index >= 15 is 0 Å². The van der Waals surface area contributed by atoms with Crippen LogP contribution in [0.15, 0.2) is 48.5 Å². The molecule has 0 bridgehead atoms. The van der Waals surface area contributed by atoms with Gasteiger partial charge in [0.15, 0.2) is 17.6 Å². The highest BCUT2D eigenvalue weighted by Gasteiger charge is 2.10. The van der Waals surface area contributed by atoms with Crippen LogP contribution in [-0.2, 0) is 6.61 Å². The van der Waals surface area contributed by atoms with Gasteiger partial charge in [-0.2, -0.15) is 5.26 Å². The third-order valence-corrected chi connectivity index (χ3v) is 2.66. The van der Waals surface area contributed by atoms with Crippen LogP contribution in [-0.4, -0.2) is 10.2 Å². The quantitative estimate of drug-likeness (QED) is 0.823. The summed E-state index contributed by atoms with van der Waals surface area (Å²) in [5, 5.41) is 27.7. The number of phenols is 1. The highest BCUT2D eigenvalue weighted by Crippen LogP contribution is 2.29. The zero-order valence-electron chi connectivity index (χ0n) is 10.2. The van der Waals surface area contributed by atoms with E-state index < -0.39 is 6.10 Å². The van der Waals surface area contributed by atoms with E-state index in [9.17, 15) is 10.2 Å². The molecule has 2 aromatic carbocycles. The Morgan fingerprint density at radius 1 is 1.16 bits per heavy atom. The third-order valence-electron chi connectivity index (χ3n) is 2.66. The fraction of sp³-hybridized carbons (Fsp3) is 0.133. The van der Waals surface area contributed by atoms with Crippen LogP contribution >= 0.6 is 0 Å². The number of aliphatic hydroxyl groups is 1. The highest BCUT2D eigenvalue weighted by atomic mass is 16.5. The van der Waals surface area contributed by atoms with Gasteiger partial charge in [-0.1, -0.05) is 36.4 Å². The lowest BCUT2D eigenvalue weighted by atomic mass is 10.1. The maximum absolute atomic E-state index is 9.77. The summed E-state index contributed by atoms with van der Waals surface area (Å²) in [5.41, 5.74) is 1.33. The van der Waals surface area contributed by atoms with Crippen LogP contribution in [0.25, 0.3) is 0 Å². The van der Waals surface area contributed by atoms with Crippen molar-refractivity contribution in [1.82, 2.24) is 0 Å². The lowest BCUT2D eigenvalue weighted by Crippen LogP contribution is -1.97. The number of nitriles is 1. The number of ether oxygens (including phenoxy) is 1. The minimum atomic E-state index is -1.24. The largest absolute Gasteiger partial charge is 0.504 e. The molecule has 0 radical (unpaired) electrons. The summed E-state index contributed by atoms with van der Waals surface area (Å²) in [6.45, 7) is 0.342. The second kappa shape index (κ2) is 5.89. The van der Waals surface area contributed by atoms with Gasteiger partial charge in [0, 0.05) is 0 Å². The fourth-order valence-electron chi connectivity index (χ4n) is 1.64. The Morgan fingerprint density at radius 2 is 1.89 bits per heavy atom. The molecule has 0 aliphatic carbocycles. The maximum Gasteiger partial charge on any atom is 0.166 e. The second-order valence-electron chi connectivity index (χ2n) is 4.03. The first-order valence-corrected chi connectivity index (χ1v) is 5.78. The van der Waals surface area contributed by atoms with Gasteiger partial charge in [-0.3, -0.25) is 0 Å². The molecule has 1 unspecified atom stereocenters. The number of aliphatic hydroxyl groups excluding tert-OH is 1. The molecule has 0 fully saturated rings. The third kappa shape index (κ3) is 3.24. The molecule has 0 aromatic heterocycles. The van der Waals surface area contributed by atoms with E-state index in [0.717, 1.165) is 5.56 Å². The number of phenolic OH excluding ortho intramolecular Hbond substituents is 1. The average Bonchev–Trinajstić information content (AvgIpc) is 2.46. The van der Waals surface area contributed by atoms with Gasteiger partial charge in [-0.15, -0.1) is 0 Å². The number of aromatic hydroxyl groups is 1. The van der Waals surface area contributed by atoms with Gasteiger partial charge in [-0.05, 0) is 23.3 Å². The van der Waals surface area contributed by atoms with Crippen LogP contribution in [0.5, 0.6) is 11.5 Å². The van der Waals surface area contributed by atoms with Gasteiger partial charge in [0.05, 0.1) is 6.07 Å². The first kappa shape index (κ1) is 12.9. The highest BCUT2D eigenvalue weighted by molar-refractivity contribution is 5.43. The van der Waals surface area contributed by atoms with Crippen LogP contribution < -0.4 is 4.74 Å². The van der Waals surface area contributed by atoms with Crippen LogP contribution in [0.4, 0.5) is 0 Å². The molecule has 4 heteroatoms. The van der Waals surface area contributed by atoms with Crippen molar-refractivity contribution in [3.63, 3.8) is 0 Å². The summed E-state index contributed by atoms with van der Waals surface area (Å²) in [5.74, 6) is 0.223. The number of rotatable bonds is 4. The summed E-state index contributed by atoms with van der Waals surface area (Å²) < 4.78 is 5.48. The van der Waals surface area contributed by atoms with Crippen LogP contribution in [0, 0.1) is 11.3 Å². The minimum Gasteiger partial charge on any atom is -0.504 e. The molecule has 19 heavy (non-hydrogen) atoms. The summed E-state index contributed by atoms with van der Waals surface area (Å²) in [6, 6.07) is 15.7. The maximum atomic E-state index is 9.77. The molecule has 2 aromatic rings. The average molecular weight is 255 g/mol. The molecule has 1 atom stereocenters. The number of hydrogen-bond donors (Lipinski definition) is 2. The number of hydrogen-bond acceptors (Lipinski definition) is 4. The fourth-order valence-corrected chi connectivity index (χ4v) is 1.64. The van der Waals surface area contributed by atoms with Crippen molar-refractivity contribution < 1.29 is 14.9 Å². The van der Waals surface area contributed by atoms with Crippen molar-refractivity contribution in [1.29, 1.82) is 5.26 Å². The van der Waals surface area contributed by atoms with Gasteiger partial charge >= 0.3 is 0 Å². The van der Waals surface area contributed by atoms with Crippen molar-refractivity contribution in [3.8, 4) is 17.6 Å². The van der Waals surface area contributed by atoms with Gasteiger partial charge < -0.3 is 14.9 Å². The lowest BCUT2D eigenvalue weighted by Gasteiger charge is -2.10. The van der Waals surface area contributed by atoms with Crippen molar-refractivity contribution in [3.05, 3.63) is 59.7 Å². The monoisotopic (exact) mass is 255 g/mol. The Bertz CT molecular complexity index is 590. The van der Waals surface area contributed by atoms with Crippen molar-refractivity contribution in [2.45, 2.75) is 12.7 Å². The number of nitrogens with zero attached hydrogens (tertiary/aromatic N) is 1. The van der Waals surface area contributed by atoms with E-state index in [1.807, 2.05) is 30.3 Å². The van der Waals surface area contributed by atoms with E-state index in [4.69, 9.17) is 10.00 Å². The molecular formula is C15H13NO3. The van der Waals surface area contributed by atoms with Gasteiger partial charge in [-0.25, -0.2) is 0 Å². The molecule has 0 aliphatic heterocycles. The van der Waals surface area contributed by atoms with Crippen LogP contribution in [0.3, 0.4) is 0 Å². The van der Waals surface area contributed by atoms with E-state index in [-0.39, 0.29) is 5.75 Å². The molecule has 4 nitrogen and oxygen atoms in total. The van der Waals surface area contributed by atoms with Crippen LogP contribution in [0.1, 0.15) is 17.2 Å². The molecule has 0 spiro atoms. The predicted octanol–water partition coefficient (Wildman–Crippen LogP) is 2.53. The van der Waals surface area contributed by atoms with Gasteiger partial charge in [0.25, 0.3) is 0 Å². The van der Waals surface area contributed by atoms with Gasteiger partial charge in [0.2, 0.25) is 0 Å². The molecule has 0 heterocycles. The normalized spacial score (nSPS) is 11.6. The smallest absolute Gasteiger partial charge is 0.166 e. The molecule has 0 amide bonds. The van der Waals surface area contributed by atoms with Crippen molar-refractivity contribution in [2.24, 2.45) is 0 Å². The van der Waals surface area contributed by atoms with E-state index in [0.29, 0.717) is 17.9 Å². The molecule has 0 saturated carbocycles. The summed E-state index contributed by atoms with van der Waals surface area (Å²) in [4.78, 5) is 0. The standard InChI is InChI=1S/C15H13NO3/c16-9-14(18)12-6-7-15(13(17)8-12)19-10-11-4-2-1-3-5-11/h1-8,14,17-18H,10H2. The Morgan fingerprint density at radius 3 is 2.53 bits per heavy atom. The Kier molecular flexibility index (Phi) is 4.01. The predicted molar refractivity (Wildman–Crippen MR) is 69.5 cm³/mol. The first-order chi connectivity index (χ1) is 9.20. The molecule has 2 N–H and O–H groups in total. The number of benzene rings is 2. The molecular weight excluding hydrogens is 242 g/mol. The SMILES string of the molecule is N#CC(O)c1ccc(OCc2ccccc2)c(O)c1. The zero-order valence-corrected chi connectivity index (χ0v) is 10.2. The molecule has 0 aliphatic rings. The topological polar surface area (TPSA) is 73.5 Å². The molecule has 0 saturated heterocycles. The molecule has 96 valence electrons. The second-order valence-corrected chi connectivity index (χ2v) is 4.03. The Balaban J connectivity index is 2.08. The van der Waals surface area contributed by atoms with E-state index in [2.05, 4.69) is 0 Å². The van der Waals surface area contributed by atoms with Crippen LogP contribution in [0.2, 0.25) is 0 Å². The summed E-state index contributed by atoms with van der Waals surface area (Å²) >= 11 is 0. The summed E-state index contributed by atoms with van der Waals surface area (Å²) in [7, 11) is 0. The van der Waals surface area contributed by atoms with E-state index in [1.54, 1.807) is 12.1 Å². The Labute approximate surface area is 111 Å². The molecule has 2 rings (SSSR count).